The topological polar surface area (TPSA) is 12.4 Å². The lowest BCUT2D eigenvalue weighted by Crippen LogP contribution is -2.12. The first-order valence-corrected chi connectivity index (χ1v) is 6.86. The molecule has 0 amide bonds. The summed E-state index contributed by atoms with van der Waals surface area (Å²) in [7, 11) is 0. The van der Waals surface area contributed by atoms with Gasteiger partial charge in [0.2, 0.25) is 0 Å². The summed E-state index contributed by atoms with van der Waals surface area (Å²) in [4.78, 5) is 4.53. The molecule has 0 atom stereocenters. The standard InChI is InChI=1S/C18H27N/c1-13-9-10-16(18(6,7)8)11-15(13)12-19-14(2)17(3,4)5/h9-12H,2H2,1,3-8H3. The number of hydrogen-bond acceptors (Lipinski definition) is 1. The normalized spacial score (nSPS) is 13.0. The number of rotatable bonds is 2. The summed E-state index contributed by atoms with van der Waals surface area (Å²) >= 11 is 0. The van der Waals surface area contributed by atoms with Crippen LogP contribution in [0.25, 0.3) is 0 Å². The van der Waals surface area contributed by atoms with Gasteiger partial charge in [-0.1, -0.05) is 60.3 Å². The second-order valence-corrected chi connectivity index (χ2v) is 7.28. The molecular formula is C18H27N. The highest BCUT2D eigenvalue weighted by Crippen LogP contribution is 2.26. The minimum absolute atomic E-state index is 0.0199. The van der Waals surface area contributed by atoms with Crippen LogP contribution in [0.1, 0.15) is 58.2 Å². The maximum atomic E-state index is 4.53. The Morgan fingerprint density at radius 1 is 1.11 bits per heavy atom. The van der Waals surface area contributed by atoms with E-state index in [2.05, 4.69) is 78.2 Å². The third-order valence-corrected chi connectivity index (χ3v) is 3.37. The number of nitrogens with zero attached hydrogens (tertiary/aromatic N) is 1. The summed E-state index contributed by atoms with van der Waals surface area (Å²) in [6, 6.07) is 6.60. The van der Waals surface area contributed by atoms with E-state index in [9.17, 15) is 0 Å². The van der Waals surface area contributed by atoms with Crippen LogP contribution in [-0.4, -0.2) is 6.21 Å². The summed E-state index contributed by atoms with van der Waals surface area (Å²) in [5.41, 5.74) is 4.86. The van der Waals surface area contributed by atoms with Crippen molar-refractivity contribution >= 4 is 6.21 Å². The molecule has 1 rings (SSSR count). The van der Waals surface area contributed by atoms with Crippen molar-refractivity contribution in [3.05, 3.63) is 47.2 Å². The third-order valence-electron chi connectivity index (χ3n) is 3.37. The fraction of sp³-hybridized carbons (Fsp3) is 0.500. The highest BCUT2D eigenvalue weighted by atomic mass is 14.7. The van der Waals surface area contributed by atoms with Crippen molar-refractivity contribution in [1.82, 2.24) is 0 Å². The molecule has 1 heteroatoms. The largest absolute Gasteiger partial charge is 0.261 e. The Morgan fingerprint density at radius 2 is 1.68 bits per heavy atom. The van der Waals surface area contributed by atoms with E-state index < -0.39 is 0 Å². The zero-order chi connectivity index (χ0) is 14.8. The summed E-state index contributed by atoms with van der Waals surface area (Å²) in [5, 5.41) is 0. The predicted molar refractivity (Wildman–Crippen MR) is 86.1 cm³/mol. The van der Waals surface area contributed by atoms with Crippen LogP contribution in [0.15, 0.2) is 35.5 Å². The molecule has 19 heavy (non-hydrogen) atoms. The van der Waals surface area contributed by atoms with E-state index in [1.54, 1.807) is 0 Å². The van der Waals surface area contributed by atoms with Crippen LogP contribution in [0.4, 0.5) is 0 Å². The molecule has 0 bridgehead atoms. The second-order valence-electron chi connectivity index (χ2n) is 7.28. The minimum atomic E-state index is 0.0199. The van der Waals surface area contributed by atoms with E-state index in [0.717, 1.165) is 5.70 Å². The number of allylic oxidation sites excluding steroid dienone is 1. The zero-order valence-electron chi connectivity index (χ0n) is 13.5. The Hall–Kier alpha value is -1.37. The van der Waals surface area contributed by atoms with Crippen LogP contribution in [0, 0.1) is 12.3 Å². The molecule has 1 nitrogen and oxygen atoms in total. The smallest absolute Gasteiger partial charge is 0.0385 e. The molecule has 0 saturated heterocycles. The van der Waals surface area contributed by atoms with E-state index in [1.165, 1.54) is 16.7 Å². The van der Waals surface area contributed by atoms with Gasteiger partial charge in [-0.15, -0.1) is 0 Å². The molecule has 1 aromatic rings. The molecule has 0 aliphatic heterocycles. The first-order chi connectivity index (χ1) is 8.51. The molecule has 0 aliphatic rings. The average Bonchev–Trinajstić information content (AvgIpc) is 2.24. The van der Waals surface area contributed by atoms with Crippen molar-refractivity contribution in [2.24, 2.45) is 10.4 Å². The van der Waals surface area contributed by atoms with Gasteiger partial charge in [-0.2, -0.15) is 0 Å². The third kappa shape index (κ3) is 4.34. The van der Waals surface area contributed by atoms with Crippen molar-refractivity contribution in [2.45, 2.75) is 53.9 Å². The van der Waals surface area contributed by atoms with Gasteiger partial charge in [0.15, 0.2) is 0 Å². The predicted octanol–water partition coefficient (Wildman–Crippen LogP) is 5.27. The van der Waals surface area contributed by atoms with Crippen LogP contribution >= 0.6 is 0 Å². The lowest BCUT2D eigenvalue weighted by Gasteiger charge is -2.20. The van der Waals surface area contributed by atoms with E-state index in [4.69, 9.17) is 0 Å². The Labute approximate surface area is 118 Å². The van der Waals surface area contributed by atoms with Crippen LogP contribution in [0.5, 0.6) is 0 Å². The van der Waals surface area contributed by atoms with Gasteiger partial charge in [-0.25, -0.2) is 0 Å². The quantitative estimate of drug-likeness (QED) is 0.640. The molecule has 0 heterocycles. The Morgan fingerprint density at radius 3 is 2.16 bits per heavy atom. The first kappa shape index (κ1) is 15.7. The molecule has 0 radical (unpaired) electrons. The number of aliphatic imine (C=N–C) groups is 1. The van der Waals surface area contributed by atoms with Gasteiger partial charge in [-0.05, 0) is 35.1 Å². The molecule has 0 aromatic heterocycles. The number of hydrogen-bond donors (Lipinski definition) is 0. The molecule has 0 saturated carbocycles. The van der Waals surface area contributed by atoms with Crippen LogP contribution in [0.2, 0.25) is 0 Å². The molecular weight excluding hydrogens is 230 g/mol. The van der Waals surface area contributed by atoms with Crippen LogP contribution < -0.4 is 0 Å². The van der Waals surface area contributed by atoms with E-state index >= 15 is 0 Å². The monoisotopic (exact) mass is 257 g/mol. The van der Waals surface area contributed by atoms with Crippen molar-refractivity contribution in [1.29, 1.82) is 0 Å². The average molecular weight is 257 g/mol. The maximum Gasteiger partial charge on any atom is 0.0385 e. The lowest BCUT2D eigenvalue weighted by atomic mass is 9.85. The van der Waals surface area contributed by atoms with Gasteiger partial charge in [0.05, 0.1) is 0 Å². The van der Waals surface area contributed by atoms with Gasteiger partial charge in [-0.3, -0.25) is 4.99 Å². The van der Waals surface area contributed by atoms with E-state index in [1.807, 2.05) is 6.21 Å². The number of aryl methyl sites for hydroxylation is 1. The van der Waals surface area contributed by atoms with Gasteiger partial charge < -0.3 is 0 Å². The summed E-state index contributed by atoms with van der Waals surface area (Å²) in [6.07, 6.45) is 1.94. The highest BCUT2D eigenvalue weighted by molar-refractivity contribution is 5.82. The van der Waals surface area contributed by atoms with Gasteiger partial charge in [0, 0.05) is 17.3 Å². The highest BCUT2D eigenvalue weighted by Gasteiger charge is 2.15. The molecule has 1 aromatic carbocycles. The number of benzene rings is 1. The molecule has 0 aliphatic carbocycles. The van der Waals surface area contributed by atoms with Crippen molar-refractivity contribution in [3.8, 4) is 0 Å². The minimum Gasteiger partial charge on any atom is -0.261 e. The van der Waals surface area contributed by atoms with Gasteiger partial charge >= 0.3 is 0 Å². The molecule has 0 unspecified atom stereocenters. The van der Waals surface area contributed by atoms with Crippen molar-refractivity contribution < 1.29 is 0 Å². The van der Waals surface area contributed by atoms with E-state index in [-0.39, 0.29) is 10.8 Å². The molecule has 104 valence electrons. The van der Waals surface area contributed by atoms with Crippen LogP contribution in [-0.2, 0) is 5.41 Å². The summed E-state index contributed by atoms with van der Waals surface area (Å²) in [5.74, 6) is 0. The molecule has 0 N–H and O–H groups in total. The fourth-order valence-corrected chi connectivity index (χ4v) is 1.59. The Kier molecular flexibility index (Phi) is 4.39. The SMILES string of the molecule is C=C(N=Cc1cc(C(C)(C)C)ccc1C)C(C)(C)C. The summed E-state index contributed by atoms with van der Waals surface area (Å²) < 4.78 is 0. The molecule has 0 fully saturated rings. The van der Waals surface area contributed by atoms with Crippen LogP contribution in [0.3, 0.4) is 0 Å². The van der Waals surface area contributed by atoms with Gasteiger partial charge in [0.25, 0.3) is 0 Å². The first-order valence-electron chi connectivity index (χ1n) is 6.86. The fourth-order valence-electron chi connectivity index (χ4n) is 1.59. The van der Waals surface area contributed by atoms with E-state index in [0.29, 0.717) is 0 Å². The van der Waals surface area contributed by atoms with Gasteiger partial charge in [0.1, 0.15) is 0 Å². The molecule has 0 spiro atoms. The maximum absolute atomic E-state index is 4.53. The summed E-state index contributed by atoms with van der Waals surface area (Å²) in [6.45, 7) is 19.2. The van der Waals surface area contributed by atoms with Crippen molar-refractivity contribution in [2.75, 3.05) is 0 Å². The Balaban J connectivity index is 3.08. The lowest BCUT2D eigenvalue weighted by molar-refractivity contribution is 0.501. The Bertz CT molecular complexity index is 493. The second kappa shape index (κ2) is 5.32. The van der Waals surface area contributed by atoms with Crippen molar-refractivity contribution in [3.63, 3.8) is 0 Å². The zero-order valence-corrected chi connectivity index (χ0v) is 13.5.